The molecule has 0 spiro atoms. The van der Waals surface area contributed by atoms with Gasteiger partial charge in [-0.3, -0.25) is 0 Å². The summed E-state index contributed by atoms with van der Waals surface area (Å²) in [4.78, 5) is 4.96. The minimum atomic E-state index is 1.04. The molecule has 2 fully saturated rings. The Hall–Kier alpha value is 0.0499. The maximum atomic E-state index is 2.48. The van der Waals surface area contributed by atoms with E-state index < -0.39 is 0 Å². The lowest BCUT2D eigenvalue weighted by atomic mass is 9.86. The molecule has 0 unspecified atom stereocenters. The summed E-state index contributed by atoms with van der Waals surface area (Å²) in [5.41, 5.74) is 0. The molecule has 0 bridgehead atoms. The number of hydrogen-bond acceptors (Lipinski definition) is 2. The van der Waals surface area contributed by atoms with Gasteiger partial charge in [0, 0.05) is 0 Å². The average molecular weight is 234 g/mol. The Morgan fingerprint density at radius 2 is 1.06 bits per heavy atom. The molecule has 17 heavy (non-hydrogen) atoms. The average Bonchev–Trinajstić information content (AvgIpc) is 2.34. The first-order chi connectivity index (χ1) is 8.24. The molecule has 2 rings (SSSR count). The Bertz CT molecular complexity index is 187. The Morgan fingerprint density at radius 3 is 1.41 bits per heavy atom. The van der Waals surface area contributed by atoms with Crippen molar-refractivity contribution in [2.75, 3.05) is 26.2 Å². The molecule has 0 aromatic rings. The first-order valence-electron chi connectivity index (χ1n) is 7.61. The van der Waals surface area contributed by atoms with Gasteiger partial charge in [0.05, 0.1) is 0 Å². The number of rotatable bonds is 4. The van der Waals surface area contributed by atoms with Gasteiger partial charge >= 0.3 is 0 Å². The maximum Gasteiger partial charge on any atom is 0.185 e. The van der Waals surface area contributed by atoms with Crippen molar-refractivity contribution in [2.45, 2.75) is 44.9 Å². The van der Waals surface area contributed by atoms with Crippen molar-refractivity contribution in [2.24, 2.45) is 11.8 Å². The number of hydrogen-bond donors (Lipinski definition) is 0. The van der Waals surface area contributed by atoms with Crippen LogP contribution in [0.4, 0.5) is 0 Å². The van der Waals surface area contributed by atoms with Crippen molar-refractivity contribution in [1.82, 2.24) is 9.62 Å². The van der Waals surface area contributed by atoms with Crippen LogP contribution in [0.1, 0.15) is 44.9 Å². The SMILES string of the molecule is BN1CCC(CCCC2CCN(B)CC2)CC1. The summed E-state index contributed by atoms with van der Waals surface area (Å²) in [6.45, 7) is 5.33. The van der Waals surface area contributed by atoms with Gasteiger partial charge in [0.15, 0.2) is 16.0 Å². The molecule has 4 heteroatoms. The van der Waals surface area contributed by atoms with Crippen LogP contribution in [0, 0.1) is 11.8 Å². The lowest BCUT2D eigenvalue weighted by Gasteiger charge is -2.31. The van der Waals surface area contributed by atoms with Crippen molar-refractivity contribution in [3.05, 3.63) is 0 Å². The highest BCUT2D eigenvalue weighted by molar-refractivity contribution is 6.04. The van der Waals surface area contributed by atoms with Crippen molar-refractivity contribution in [3.63, 3.8) is 0 Å². The second-order valence-corrected chi connectivity index (χ2v) is 6.42. The van der Waals surface area contributed by atoms with Crippen molar-refractivity contribution < 1.29 is 0 Å². The zero-order chi connectivity index (χ0) is 12.1. The van der Waals surface area contributed by atoms with E-state index >= 15 is 0 Å². The van der Waals surface area contributed by atoms with Crippen LogP contribution in [0.3, 0.4) is 0 Å². The molecular weight excluding hydrogens is 206 g/mol. The Kier molecular flexibility index (Phi) is 5.43. The molecule has 0 atom stereocenters. The van der Waals surface area contributed by atoms with Crippen LogP contribution < -0.4 is 0 Å². The lowest BCUT2D eigenvalue weighted by molar-refractivity contribution is 0.240. The molecule has 2 nitrogen and oxygen atoms in total. The fourth-order valence-corrected chi connectivity index (χ4v) is 3.40. The first kappa shape index (κ1) is 13.5. The Morgan fingerprint density at radius 1 is 0.706 bits per heavy atom. The van der Waals surface area contributed by atoms with Crippen LogP contribution in [0.5, 0.6) is 0 Å². The Labute approximate surface area is 109 Å². The summed E-state index contributed by atoms with van der Waals surface area (Å²) in [7, 11) is 4.52. The van der Waals surface area contributed by atoms with Gasteiger partial charge in [-0.1, -0.05) is 19.3 Å². The maximum absolute atomic E-state index is 2.48. The van der Waals surface area contributed by atoms with Crippen molar-refractivity contribution in [3.8, 4) is 0 Å². The van der Waals surface area contributed by atoms with E-state index in [9.17, 15) is 0 Å². The predicted molar refractivity (Wildman–Crippen MR) is 79.5 cm³/mol. The van der Waals surface area contributed by atoms with Crippen molar-refractivity contribution >= 4 is 16.0 Å². The molecule has 96 valence electrons. The van der Waals surface area contributed by atoms with Gasteiger partial charge in [-0.15, -0.1) is 0 Å². The number of nitrogens with zero attached hydrogens (tertiary/aromatic N) is 2. The van der Waals surface area contributed by atoms with Crippen LogP contribution in [0.25, 0.3) is 0 Å². The molecule has 0 aromatic heterocycles. The van der Waals surface area contributed by atoms with E-state index in [-0.39, 0.29) is 0 Å². The summed E-state index contributed by atoms with van der Waals surface area (Å²) in [5.74, 6) is 2.08. The third-order valence-corrected chi connectivity index (χ3v) is 4.90. The molecule has 0 saturated carbocycles. The quantitative estimate of drug-likeness (QED) is 0.660. The van der Waals surface area contributed by atoms with E-state index in [0.717, 1.165) is 11.8 Å². The minimum absolute atomic E-state index is 1.04. The third-order valence-electron chi connectivity index (χ3n) is 4.90. The highest BCUT2D eigenvalue weighted by Crippen LogP contribution is 2.26. The van der Waals surface area contributed by atoms with E-state index in [2.05, 4.69) is 25.6 Å². The second kappa shape index (κ2) is 6.84. The summed E-state index contributed by atoms with van der Waals surface area (Å²) in [6, 6.07) is 0. The van der Waals surface area contributed by atoms with Gasteiger partial charge in [-0.25, -0.2) is 0 Å². The molecule has 0 N–H and O–H groups in total. The minimum Gasteiger partial charge on any atom is -0.349 e. The van der Waals surface area contributed by atoms with Gasteiger partial charge in [0.2, 0.25) is 0 Å². The smallest absolute Gasteiger partial charge is 0.185 e. The summed E-state index contributed by atoms with van der Waals surface area (Å²) < 4.78 is 0. The molecular formula is C13H28B2N2. The van der Waals surface area contributed by atoms with Gasteiger partial charge in [0.25, 0.3) is 0 Å². The molecule has 2 aliphatic rings. The highest BCUT2D eigenvalue weighted by Gasteiger charge is 2.19. The van der Waals surface area contributed by atoms with Crippen LogP contribution in [0.15, 0.2) is 0 Å². The number of piperidine rings is 2. The summed E-state index contributed by atoms with van der Waals surface area (Å²) in [6.07, 6.45) is 10.3. The van der Waals surface area contributed by atoms with E-state index in [1.54, 1.807) is 0 Å². The summed E-state index contributed by atoms with van der Waals surface area (Å²) >= 11 is 0. The summed E-state index contributed by atoms with van der Waals surface area (Å²) in [5, 5.41) is 0. The fourth-order valence-electron chi connectivity index (χ4n) is 3.40. The molecule has 2 aliphatic heterocycles. The standard InChI is InChI=1S/C13H28B2N2/c14-16-8-4-12(5-9-16)2-1-3-13-6-10-17(15)11-7-13/h12-13H,1-11,14-15H2. The second-order valence-electron chi connectivity index (χ2n) is 6.42. The van der Waals surface area contributed by atoms with E-state index in [4.69, 9.17) is 0 Å². The monoisotopic (exact) mass is 234 g/mol. The van der Waals surface area contributed by atoms with Gasteiger partial charge in [-0.05, 0) is 63.7 Å². The molecule has 2 heterocycles. The van der Waals surface area contributed by atoms with E-state index in [1.807, 2.05) is 0 Å². The van der Waals surface area contributed by atoms with Crippen LogP contribution in [-0.4, -0.2) is 51.8 Å². The van der Waals surface area contributed by atoms with Gasteiger partial charge in [-0.2, -0.15) is 0 Å². The molecule has 0 amide bonds. The third kappa shape index (κ3) is 4.67. The topological polar surface area (TPSA) is 6.48 Å². The zero-order valence-corrected chi connectivity index (χ0v) is 11.8. The predicted octanol–water partition coefficient (Wildman–Crippen LogP) is 0.677. The zero-order valence-electron chi connectivity index (χ0n) is 11.8. The normalized spacial score (nSPS) is 26.4. The van der Waals surface area contributed by atoms with E-state index in [0.29, 0.717) is 0 Å². The lowest BCUT2D eigenvalue weighted by Crippen LogP contribution is -2.32. The molecule has 2 saturated heterocycles. The van der Waals surface area contributed by atoms with Crippen LogP contribution in [-0.2, 0) is 0 Å². The largest absolute Gasteiger partial charge is 0.349 e. The first-order valence-corrected chi connectivity index (χ1v) is 7.61. The van der Waals surface area contributed by atoms with Crippen molar-refractivity contribution in [1.29, 1.82) is 0 Å². The van der Waals surface area contributed by atoms with Gasteiger partial charge < -0.3 is 9.62 Å². The molecule has 0 aromatic carbocycles. The Balaban J connectivity index is 1.54. The van der Waals surface area contributed by atoms with Gasteiger partial charge in [0.1, 0.15) is 0 Å². The molecule has 0 aliphatic carbocycles. The fraction of sp³-hybridized carbons (Fsp3) is 1.00. The van der Waals surface area contributed by atoms with Crippen LogP contribution in [0.2, 0.25) is 0 Å². The highest BCUT2D eigenvalue weighted by atomic mass is 15.0. The van der Waals surface area contributed by atoms with Crippen LogP contribution >= 0.6 is 0 Å². The van der Waals surface area contributed by atoms with E-state index in [1.165, 1.54) is 71.1 Å². The molecule has 0 radical (unpaired) electrons.